The smallest absolute Gasteiger partial charge is 0.340 e. The minimum Gasteiger partial charge on any atom is -0.378 e. The summed E-state index contributed by atoms with van der Waals surface area (Å²) < 4.78 is 5.43. The number of benzene rings is 2. The summed E-state index contributed by atoms with van der Waals surface area (Å²) in [6, 6.07) is 13.9. The number of nitrogens with one attached hydrogen (secondary N) is 2. The molecular weight excluding hydrogens is 622 g/mol. The van der Waals surface area contributed by atoms with Crippen LogP contribution in [-0.2, 0) is 20.7 Å². The molecule has 1 aliphatic carbocycles. The molecule has 3 heterocycles. The van der Waals surface area contributed by atoms with Crippen molar-refractivity contribution in [2.75, 3.05) is 42.6 Å². The molecule has 1 saturated carbocycles. The third kappa shape index (κ3) is 7.87. The highest BCUT2D eigenvalue weighted by Crippen LogP contribution is 2.33. The van der Waals surface area contributed by atoms with Crippen molar-refractivity contribution in [2.45, 2.75) is 38.1 Å². The van der Waals surface area contributed by atoms with Crippen LogP contribution < -0.4 is 27.0 Å². The van der Waals surface area contributed by atoms with Gasteiger partial charge in [-0.15, -0.1) is 12.4 Å². The Labute approximate surface area is 278 Å². The van der Waals surface area contributed by atoms with Crippen LogP contribution in [0.5, 0.6) is 0 Å². The molecule has 2 fully saturated rings. The molecule has 13 nitrogen and oxygen atoms in total. The van der Waals surface area contributed by atoms with Gasteiger partial charge in [-0.05, 0) is 73.5 Å². The van der Waals surface area contributed by atoms with Gasteiger partial charge in [-0.2, -0.15) is 5.10 Å². The van der Waals surface area contributed by atoms with Crippen molar-refractivity contribution in [1.82, 2.24) is 25.1 Å². The van der Waals surface area contributed by atoms with Crippen LogP contribution in [0.2, 0.25) is 0 Å². The molecule has 0 bridgehead atoms. The number of halogens is 1. The van der Waals surface area contributed by atoms with Gasteiger partial charge in [-0.3, -0.25) is 19.5 Å². The minimum atomic E-state index is -0.939. The highest BCUT2D eigenvalue weighted by molar-refractivity contribution is 6.01. The van der Waals surface area contributed by atoms with E-state index in [4.69, 9.17) is 16.2 Å². The molecule has 248 valence electrons. The van der Waals surface area contributed by atoms with Gasteiger partial charge < -0.3 is 21.1 Å². The molecule has 2 aromatic heterocycles. The van der Waals surface area contributed by atoms with Crippen LogP contribution in [0.4, 0.5) is 11.6 Å². The fourth-order valence-electron chi connectivity index (χ4n) is 6.31. The third-order valence-corrected chi connectivity index (χ3v) is 8.95. The lowest BCUT2D eigenvalue weighted by atomic mass is 9.81. The second-order valence-corrected chi connectivity index (χ2v) is 11.9. The van der Waals surface area contributed by atoms with Gasteiger partial charge >= 0.3 is 5.69 Å². The number of carbonyl (C=O) groups is 2. The van der Waals surface area contributed by atoms with Gasteiger partial charge in [-0.1, -0.05) is 24.3 Å². The van der Waals surface area contributed by atoms with Crippen molar-refractivity contribution in [1.29, 1.82) is 0 Å². The van der Waals surface area contributed by atoms with E-state index < -0.39 is 17.6 Å². The Morgan fingerprint density at radius 2 is 1.68 bits per heavy atom. The predicted molar refractivity (Wildman–Crippen MR) is 181 cm³/mol. The zero-order chi connectivity index (χ0) is 32.0. The molecule has 1 atom stereocenters. The molecule has 47 heavy (non-hydrogen) atoms. The fraction of sp³-hybridized carbons (Fsp3) is 0.394. The number of ether oxygens (including phenoxy) is 1. The summed E-state index contributed by atoms with van der Waals surface area (Å²) in [4.78, 5) is 54.4. The number of hydrogen-bond acceptors (Lipinski definition) is 9. The lowest BCUT2D eigenvalue weighted by Gasteiger charge is -2.35. The molecule has 2 amide bonds. The number of nitrogens with two attached hydrogens (primary N) is 2. The van der Waals surface area contributed by atoms with Crippen molar-refractivity contribution in [3.05, 3.63) is 77.0 Å². The van der Waals surface area contributed by atoms with Gasteiger partial charge in [0.15, 0.2) is 5.82 Å². The van der Waals surface area contributed by atoms with E-state index in [9.17, 15) is 14.4 Å². The summed E-state index contributed by atoms with van der Waals surface area (Å²) in [6.45, 7) is 3.40. The van der Waals surface area contributed by atoms with Crippen LogP contribution in [0.15, 0.2) is 65.7 Å². The van der Waals surface area contributed by atoms with Gasteiger partial charge in [0.1, 0.15) is 6.04 Å². The Bertz CT molecular complexity index is 1700. The van der Waals surface area contributed by atoms with Crippen LogP contribution in [0.1, 0.15) is 31.2 Å². The first-order chi connectivity index (χ1) is 22.4. The highest BCUT2D eigenvalue weighted by Gasteiger charge is 2.36. The Hall–Kier alpha value is -4.59. The van der Waals surface area contributed by atoms with Crippen LogP contribution in [-0.4, -0.2) is 75.9 Å². The Morgan fingerprint density at radius 1 is 0.979 bits per heavy atom. The van der Waals surface area contributed by atoms with E-state index in [1.165, 1.54) is 0 Å². The van der Waals surface area contributed by atoms with Gasteiger partial charge in [0.05, 0.1) is 13.2 Å². The first kappa shape index (κ1) is 33.8. The van der Waals surface area contributed by atoms with E-state index in [2.05, 4.69) is 30.0 Å². The lowest BCUT2D eigenvalue weighted by Crippen LogP contribution is -2.52. The molecule has 2 aromatic carbocycles. The van der Waals surface area contributed by atoms with Crippen molar-refractivity contribution in [2.24, 2.45) is 23.3 Å². The maximum Gasteiger partial charge on any atom is 0.340 e. The number of rotatable bonds is 10. The molecule has 2 aliphatic rings. The van der Waals surface area contributed by atoms with Crippen LogP contribution in [0, 0.1) is 11.8 Å². The van der Waals surface area contributed by atoms with E-state index in [-0.39, 0.29) is 30.7 Å². The monoisotopic (exact) mass is 661 g/mol. The van der Waals surface area contributed by atoms with Gasteiger partial charge in [0.25, 0.3) is 0 Å². The summed E-state index contributed by atoms with van der Waals surface area (Å²) in [6.07, 6.45) is 6.93. The molecule has 0 radical (unpaired) electrons. The van der Waals surface area contributed by atoms with E-state index in [1.807, 2.05) is 24.3 Å². The van der Waals surface area contributed by atoms with E-state index in [0.717, 1.165) is 42.6 Å². The van der Waals surface area contributed by atoms with Gasteiger partial charge in [0.2, 0.25) is 17.8 Å². The van der Waals surface area contributed by atoms with Crippen LogP contribution in [0.25, 0.3) is 22.5 Å². The van der Waals surface area contributed by atoms with Gasteiger partial charge in [0, 0.05) is 54.6 Å². The molecule has 1 aliphatic heterocycles. The maximum atomic E-state index is 14.2. The first-order valence-electron chi connectivity index (χ1n) is 15.7. The van der Waals surface area contributed by atoms with E-state index in [1.54, 1.807) is 41.6 Å². The molecule has 1 saturated heterocycles. The standard InChI is InChI=1S/C33H39N9O4.ClH/c34-18-21-4-6-24(7-5-21)31(44)42(27-10-8-23(9-11-27)30-38-33(45)40-39-30)28(29(35)43)17-22-2-1-3-25(16-22)26-19-36-32(37-20-26)41-12-14-46-15-13-41;/h1-3,8-11,16,19-21,24,28H,4-7,12-15,17-18,34H2,(H2,35,43)(H2,38,39,40,45);1H/t21?,24?,28-;/m0./s1. The summed E-state index contributed by atoms with van der Waals surface area (Å²) in [5, 5.41) is 6.35. The number of aromatic amines is 2. The van der Waals surface area contributed by atoms with Gasteiger partial charge in [-0.25, -0.2) is 19.9 Å². The highest BCUT2D eigenvalue weighted by atomic mass is 35.5. The Morgan fingerprint density at radius 3 is 2.30 bits per heavy atom. The van der Waals surface area contributed by atoms with Crippen LogP contribution >= 0.6 is 12.4 Å². The van der Waals surface area contributed by atoms with Crippen molar-refractivity contribution < 1.29 is 14.3 Å². The molecule has 14 heteroatoms. The number of anilines is 2. The molecule has 0 spiro atoms. The number of aromatic nitrogens is 5. The topological polar surface area (TPSA) is 189 Å². The third-order valence-electron chi connectivity index (χ3n) is 8.95. The molecule has 0 unspecified atom stereocenters. The summed E-state index contributed by atoms with van der Waals surface area (Å²) >= 11 is 0. The minimum absolute atomic E-state index is 0. The summed E-state index contributed by atoms with van der Waals surface area (Å²) in [5.41, 5.74) is 15.3. The number of morpholine rings is 1. The Balaban J connectivity index is 0.00000433. The number of primary amides is 1. The Kier molecular flexibility index (Phi) is 11.0. The predicted octanol–water partition coefficient (Wildman–Crippen LogP) is 2.68. The average molecular weight is 662 g/mol. The number of H-pyrrole nitrogens is 2. The van der Waals surface area contributed by atoms with Crippen molar-refractivity contribution >= 4 is 35.9 Å². The number of hydrogen-bond donors (Lipinski definition) is 4. The molecule has 4 aromatic rings. The molecule has 6 rings (SSSR count). The average Bonchev–Trinajstić information content (AvgIpc) is 3.55. The number of amides is 2. The summed E-state index contributed by atoms with van der Waals surface area (Å²) in [5.74, 6) is 0.447. The van der Waals surface area contributed by atoms with E-state index in [0.29, 0.717) is 61.5 Å². The van der Waals surface area contributed by atoms with E-state index >= 15 is 0 Å². The zero-order valence-corrected chi connectivity index (χ0v) is 26.8. The molecular formula is C33H40ClN9O4. The van der Waals surface area contributed by atoms with Crippen LogP contribution in [0.3, 0.4) is 0 Å². The first-order valence-corrected chi connectivity index (χ1v) is 15.7. The lowest BCUT2D eigenvalue weighted by molar-refractivity contribution is -0.127. The number of nitrogens with zero attached hydrogens (tertiary/aromatic N) is 5. The largest absolute Gasteiger partial charge is 0.378 e. The number of carbonyl (C=O) groups excluding carboxylic acids is 2. The maximum absolute atomic E-state index is 14.2. The summed E-state index contributed by atoms with van der Waals surface area (Å²) in [7, 11) is 0. The van der Waals surface area contributed by atoms with Crippen molar-refractivity contribution in [3.8, 4) is 22.5 Å². The normalized spacial score (nSPS) is 18.6. The zero-order valence-electron chi connectivity index (χ0n) is 26.0. The van der Waals surface area contributed by atoms with Crippen molar-refractivity contribution in [3.63, 3.8) is 0 Å². The SMILES string of the molecule is Cl.NCC1CCC(C(=O)N(c2ccc(-c3n[nH]c(=O)[nH]3)cc2)[C@@H](Cc2cccc(-c3cnc(N4CCOCC4)nc3)c2)C(N)=O)CC1. The second kappa shape index (κ2) is 15.3. The quantitative estimate of drug-likeness (QED) is 0.198. The molecule has 6 N–H and O–H groups in total. The fourth-order valence-corrected chi connectivity index (χ4v) is 6.31. The second-order valence-electron chi connectivity index (χ2n) is 11.9.